The van der Waals surface area contributed by atoms with Gasteiger partial charge in [0.2, 0.25) is 0 Å². The molecule has 2 heteroatoms. The van der Waals surface area contributed by atoms with Gasteiger partial charge in [-0.3, -0.25) is 0 Å². The molecule has 1 aliphatic rings. The monoisotopic (exact) mass is 357 g/mol. The van der Waals surface area contributed by atoms with Gasteiger partial charge in [0, 0.05) is 3.57 Å². The summed E-state index contributed by atoms with van der Waals surface area (Å²) in [4.78, 5) is 0. The highest BCUT2D eigenvalue weighted by atomic mass is 127. The zero-order valence-electron chi connectivity index (χ0n) is 11.5. The van der Waals surface area contributed by atoms with Gasteiger partial charge in [0.1, 0.15) is 0 Å². The van der Waals surface area contributed by atoms with Crippen molar-refractivity contribution in [3.05, 3.63) is 33.4 Å². The van der Waals surface area contributed by atoms with Crippen molar-refractivity contribution < 1.29 is 0 Å². The highest BCUT2D eigenvalue weighted by molar-refractivity contribution is 14.1. The zero-order valence-corrected chi connectivity index (χ0v) is 13.7. The molecule has 0 amide bonds. The molecule has 0 bridgehead atoms. The van der Waals surface area contributed by atoms with Crippen LogP contribution in [0.3, 0.4) is 0 Å². The predicted octanol–water partition coefficient (Wildman–Crippen LogP) is 4.38. The molecule has 0 radical (unpaired) electrons. The molecular weight excluding hydrogens is 333 g/mol. The second kappa shape index (κ2) is 5.49. The van der Waals surface area contributed by atoms with Crippen molar-refractivity contribution in [1.29, 1.82) is 0 Å². The van der Waals surface area contributed by atoms with Crippen LogP contribution in [0.15, 0.2) is 24.3 Å². The number of hydrogen-bond donors (Lipinski definition) is 1. The van der Waals surface area contributed by atoms with E-state index in [0.29, 0.717) is 10.8 Å². The molecule has 1 aromatic carbocycles. The molecule has 0 aliphatic heterocycles. The molecule has 1 saturated carbocycles. The van der Waals surface area contributed by atoms with Crippen molar-refractivity contribution >= 4 is 22.6 Å². The van der Waals surface area contributed by atoms with E-state index in [0.717, 1.165) is 13.0 Å². The number of nitrogens with two attached hydrogens (primary N) is 1. The molecule has 0 spiro atoms. The standard InChI is InChI=1S/C16H24IN/c1-15(2)7-9-16(12-18,10-8-15)11-13-3-5-14(17)6-4-13/h3-6H,7-12,18H2,1-2H3. The Morgan fingerprint density at radius 1 is 1.06 bits per heavy atom. The lowest BCUT2D eigenvalue weighted by atomic mass is 9.63. The van der Waals surface area contributed by atoms with E-state index in [9.17, 15) is 0 Å². The SMILES string of the molecule is CC1(C)CCC(CN)(Cc2ccc(I)cc2)CC1. The van der Waals surface area contributed by atoms with Crippen molar-refractivity contribution in [2.45, 2.75) is 46.0 Å². The Morgan fingerprint density at radius 2 is 1.61 bits per heavy atom. The van der Waals surface area contributed by atoms with Crippen LogP contribution in [0, 0.1) is 14.4 Å². The Balaban J connectivity index is 2.07. The number of rotatable bonds is 3. The molecule has 1 aromatic rings. The summed E-state index contributed by atoms with van der Waals surface area (Å²) in [5.41, 5.74) is 8.42. The first kappa shape index (κ1) is 14.3. The number of halogens is 1. The van der Waals surface area contributed by atoms with Crippen LogP contribution >= 0.6 is 22.6 Å². The Bertz CT molecular complexity index is 384. The van der Waals surface area contributed by atoms with Crippen LogP contribution < -0.4 is 5.73 Å². The maximum atomic E-state index is 6.10. The average Bonchev–Trinajstić information content (AvgIpc) is 2.35. The van der Waals surface area contributed by atoms with Gasteiger partial charge in [-0.2, -0.15) is 0 Å². The van der Waals surface area contributed by atoms with Crippen molar-refractivity contribution in [2.24, 2.45) is 16.6 Å². The van der Waals surface area contributed by atoms with E-state index in [4.69, 9.17) is 5.73 Å². The van der Waals surface area contributed by atoms with E-state index < -0.39 is 0 Å². The molecule has 2 rings (SSSR count). The summed E-state index contributed by atoms with van der Waals surface area (Å²) in [6, 6.07) is 8.93. The third-order valence-corrected chi connectivity index (χ3v) is 5.31. The molecule has 0 heterocycles. The fraction of sp³-hybridized carbons (Fsp3) is 0.625. The van der Waals surface area contributed by atoms with E-state index in [1.54, 1.807) is 0 Å². The molecule has 1 fully saturated rings. The fourth-order valence-electron chi connectivity index (χ4n) is 2.95. The second-order valence-corrected chi connectivity index (χ2v) is 7.92. The molecule has 1 aliphatic carbocycles. The third kappa shape index (κ3) is 3.47. The quantitative estimate of drug-likeness (QED) is 0.799. The van der Waals surface area contributed by atoms with Crippen LogP contribution in [0.25, 0.3) is 0 Å². The van der Waals surface area contributed by atoms with E-state index in [-0.39, 0.29) is 0 Å². The van der Waals surface area contributed by atoms with Crippen LogP contribution in [0.1, 0.15) is 45.1 Å². The second-order valence-electron chi connectivity index (χ2n) is 6.67. The van der Waals surface area contributed by atoms with Crippen molar-refractivity contribution in [1.82, 2.24) is 0 Å². The molecule has 18 heavy (non-hydrogen) atoms. The Morgan fingerprint density at radius 3 is 2.11 bits per heavy atom. The predicted molar refractivity (Wildman–Crippen MR) is 86.6 cm³/mol. The van der Waals surface area contributed by atoms with Crippen LogP contribution in [-0.2, 0) is 6.42 Å². The minimum absolute atomic E-state index is 0.350. The molecule has 0 unspecified atom stereocenters. The van der Waals surface area contributed by atoms with Gasteiger partial charge in [0.15, 0.2) is 0 Å². The number of benzene rings is 1. The first-order valence-corrected chi connectivity index (χ1v) is 7.97. The van der Waals surface area contributed by atoms with Crippen LogP contribution in [0.5, 0.6) is 0 Å². The van der Waals surface area contributed by atoms with Crippen molar-refractivity contribution in [3.8, 4) is 0 Å². The fourth-order valence-corrected chi connectivity index (χ4v) is 3.31. The maximum Gasteiger partial charge on any atom is 0.0130 e. The first-order valence-electron chi connectivity index (χ1n) is 6.89. The zero-order chi connectivity index (χ0) is 13.2. The summed E-state index contributed by atoms with van der Waals surface area (Å²) in [6.07, 6.45) is 6.34. The topological polar surface area (TPSA) is 26.0 Å². The summed E-state index contributed by atoms with van der Waals surface area (Å²) in [5.74, 6) is 0. The maximum absolute atomic E-state index is 6.10. The van der Waals surface area contributed by atoms with Gasteiger partial charge in [-0.25, -0.2) is 0 Å². The first-order chi connectivity index (χ1) is 8.45. The molecule has 2 N–H and O–H groups in total. The summed E-state index contributed by atoms with van der Waals surface area (Å²) in [6.45, 7) is 5.60. The summed E-state index contributed by atoms with van der Waals surface area (Å²) >= 11 is 2.36. The number of hydrogen-bond acceptors (Lipinski definition) is 1. The Kier molecular flexibility index (Phi) is 4.37. The van der Waals surface area contributed by atoms with Gasteiger partial charge < -0.3 is 5.73 Å². The lowest BCUT2D eigenvalue weighted by Crippen LogP contribution is -2.38. The summed E-state index contributed by atoms with van der Waals surface area (Å²) in [5, 5.41) is 0. The molecule has 100 valence electrons. The van der Waals surface area contributed by atoms with E-state index >= 15 is 0 Å². The Hall–Kier alpha value is -0.0900. The average molecular weight is 357 g/mol. The van der Waals surface area contributed by atoms with E-state index in [1.807, 2.05) is 0 Å². The third-order valence-electron chi connectivity index (χ3n) is 4.59. The minimum Gasteiger partial charge on any atom is -0.330 e. The summed E-state index contributed by atoms with van der Waals surface area (Å²) in [7, 11) is 0. The smallest absolute Gasteiger partial charge is 0.0130 e. The minimum atomic E-state index is 0.350. The van der Waals surface area contributed by atoms with Gasteiger partial charge in [-0.1, -0.05) is 26.0 Å². The lowest BCUT2D eigenvalue weighted by Gasteiger charge is -2.43. The molecule has 0 saturated heterocycles. The Labute approximate surface area is 125 Å². The van der Waals surface area contributed by atoms with Crippen molar-refractivity contribution in [3.63, 3.8) is 0 Å². The van der Waals surface area contributed by atoms with E-state index in [1.165, 1.54) is 34.8 Å². The highest BCUT2D eigenvalue weighted by Crippen LogP contribution is 2.46. The van der Waals surface area contributed by atoms with Crippen molar-refractivity contribution in [2.75, 3.05) is 6.54 Å². The largest absolute Gasteiger partial charge is 0.330 e. The summed E-state index contributed by atoms with van der Waals surface area (Å²) < 4.78 is 1.31. The van der Waals surface area contributed by atoms with Gasteiger partial charge in [0.05, 0.1) is 0 Å². The molecule has 0 atom stereocenters. The van der Waals surface area contributed by atoms with Crippen LogP contribution in [0.2, 0.25) is 0 Å². The molecule has 0 aromatic heterocycles. The van der Waals surface area contributed by atoms with E-state index in [2.05, 4.69) is 60.7 Å². The van der Waals surface area contributed by atoms with Gasteiger partial charge in [-0.05, 0) is 89.8 Å². The van der Waals surface area contributed by atoms with Gasteiger partial charge in [0.25, 0.3) is 0 Å². The van der Waals surface area contributed by atoms with Gasteiger partial charge >= 0.3 is 0 Å². The van der Waals surface area contributed by atoms with Crippen LogP contribution in [0.4, 0.5) is 0 Å². The highest BCUT2D eigenvalue weighted by Gasteiger charge is 2.37. The molecular formula is C16H24IN. The normalized spacial score (nSPS) is 21.8. The van der Waals surface area contributed by atoms with Crippen LogP contribution in [-0.4, -0.2) is 6.54 Å². The molecule has 1 nitrogen and oxygen atoms in total. The lowest BCUT2D eigenvalue weighted by molar-refractivity contribution is 0.108. The van der Waals surface area contributed by atoms with Gasteiger partial charge in [-0.15, -0.1) is 0 Å².